The van der Waals surface area contributed by atoms with Crippen LogP contribution < -0.4 is 16.2 Å². The Balaban J connectivity index is 1.88. The molecule has 0 aliphatic heterocycles. The number of pyridine rings is 1. The molecule has 3 N–H and O–H groups in total. The molecule has 1 aromatic heterocycles. The van der Waals surface area contributed by atoms with E-state index in [1.165, 1.54) is 24.3 Å². The van der Waals surface area contributed by atoms with Gasteiger partial charge >= 0.3 is 18.3 Å². The maximum absolute atomic E-state index is 14.5. The monoisotopic (exact) mass is 673 g/mol. The van der Waals surface area contributed by atoms with Crippen LogP contribution in [0.1, 0.15) is 38.3 Å². The lowest BCUT2D eigenvalue weighted by atomic mass is 9.97. The minimum absolute atomic E-state index is 0.0920. The molecule has 0 aliphatic rings. The average molecular weight is 673 g/mol. The van der Waals surface area contributed by atoms with Gasteiger partial charge in [-0.05, 0) is 29.3 Å². The fourth-order valence-corrected chi connectivity index (χ4v) is 4.58. The largest absolute Gasteiger partial charge is 0.480 e. The molecule has 45 heavy (non-hydrogen) atoms. The number of anilines is 1. The van der Waals surface area contributed by atoms with Gasteiger partial charge in [-0.15, -0.1) is 0 Å². The van der Waals surface area contributed by atoms with Crippen LogP contribution in [0.25, 0.3) is 0 Å². The number of carboxylic acids is 1. The number of hydrogen-bond donors (Lipinski definition) is 3. The Labute approximate surface area is 249 Å². The molecule has 18 heteroatoms. The lowest BCUT2D eigenvalue weighted by Crippen LogP contribution is -2.43. The number of rotatable bonds is 10. The average Bonchev–Trinajstić information content (AvgIpc) is 2.88. The van der Waals surface area contributed by atoms with Gasteiger partial charge in [-0.3, -0.25) is 9.59 Å². The Morgan fingerprint density at radius 2 is 1.53 bits per heavy atom. The summed E-state index contributed by atoms with van der Waals surface area (Å²) in [5.41, 5.74) is -10.5. The molecule has 3 aromatic rings. The zero-order valence-electron chi connectivity index (χ0n) is 22.7. The SMILES string of the molecule is Cn1c(C(F)(F)F)cc(C(F)(F)P)c(Cc2cccc(C[C@H](NC(=O)c3c(F)cc(NCC(F)(F)F)cc3F)C(=O)O)c2)c1=O. The standard InChI is InChI=1S/C27H22F10N3O4P/c1-40-20(26(33,34)35)10-16(27(36,37)45)15(23(40)42)6-12-3-2-4-13(5-12)7-19(24(43)44)39-22(41)21-17(28)8-14(9-18(21)29)38-11-25(30,31)32/h2-5,8-10,19,38H,6-7,11,45H2,1H3,(H,39,41)(H,43,44)/t19-/m0/s1. The van der Waals surface area contributed by atoms with Crippen molar-refractivity contribution < 1.29 is 58.6 Å². The van der Waals surface area contributed by atoms with Crippen molar-refractivity contribution in [2.24, 2.45) is 7.05 Å². The van der Waals surface area contributed by atoms with Crippen LogP contribution in [0.15, 0.2) is 47.3 Å². The van der Waals surface area contributed by atoms with E-state index >= 15 is 0 Å². The van der Waals surface area contributed by atoms with E-state index in [1.807, 2.05) is 5.32 Å². The van der Waals surface area contributed by atoms with Gasteiger partial charge < -0.3 is 20.3 Å². The van der Waals surface area contributed by atoms with E-state index in [0.717, 1.165) is 16.3 Å². The van der Waals surface area contributed by atoms with Crippen LogP contribution in [0.3, 0.4) is 0 Å². The summed E-state index contributed by atoms with van der Waals surface area (Å²) in [5, 5.41) is 13.2. The van der Waals surface area contributed by atoms with Crippen molar-refractivity contribution in [1.82, 2.24) is 9.88 Å². The number of carboxylic acid groups (broad SMARTS) is 1. The molecular weight excluding hydrogens is 651 g/mol. The first-order chi connectivity index (χ1) is 20.6. The summed E-state index contributed by atoms with van der Waals surface area (Å²) in [4.78, 5) is 37.2. The van der Waals surface area contributed by atoms with Crippen molar-refractivity contribution in [3.05, 3.63) is 98.0 Å². The number of aromatic nitrogens is 1. The Morgan fingerprint density at radius 1 is 0.956 bits per heavy atom. The number of carbonyl (C=O) groups excluding carboxylic acids is 1. The fourth-order valence-electron chi connectivity index (χ4n) is 4.32. The number of carbonyl (C=O) groups is 2. The van der Waals surface area contributed by atoms with E-state index in [1.54, 1.807) is 5.32 Å². The fraction of sp³-hybridized carbons (Fsp3) is 0.296. The first-order valence-electron chi connectivity index (χ1n) is 12.5. The lowest BCUT2D eigenvalue weighted by Gasteiger charge is -2.21. The van der Waals surface area contributed by atoms with Crippen molar-refractivity contribution >= 4 is 26.8 Å². The molecule has 0 radical (unpaired) electrons. The van der Waals surface area contributed by atoms with Crippen LogP contribution >= 0.6 is 9.24 Å². The Bertz CT molecular complexity index is 1640. The van der Waals surface area contributed by atoms with Gasteiger partial charge in [0, 0.05) is 36.7 Å². The van der Waals surface area contributed by atoms with E-state index in [4.69, 9.17) is 0 Å². The molecule has 2 aromatic carbocycles. The highest BCUT2D eigenvalue weighted by Gasteiger charge is 2.39. The predicted molar refractivity (Wildman–Crippen MR) is 143 cm³/mol. The minimum atomic E-state index is -5.12. The van der Waals surface area contributed by atoms with Crippen LogP contribution in [0.5, 0.6) is 0 Å². The van der Waals surface area contributed by atoms with E-state index in [0.29, 0.717) is 12.1 Å². The highest BCUT2D eigenvalue weighted by Crippen LogP contribution is 2.39. The number of benzene rings is 2. The Kier molecular flexibility index (Phi) is 10.3. The van der Waals surface area contributed by atoms with Crippen LogP contribution in [-0.4, -0.2) is 40.3 Å². The number of aliphatic carboxylic acids is 1. The van der Waals surface area contributed by atoms with Gasteiger partial charge in [0.25, 0.3) is 17.1 Å². The molecule has 244 valence electrons. The maximum atomic E-state index is 14.5. The molecular formula is C27H22F10N3O4P. The predicted octanol–water partition coefficient (Wildman–Crippen LogP) is 5.60. The van der Waals surface area contributed by atoms with Gasteiger partial charge in [0.15, 0.2) is 0 Å². The first kappa shape index (κ1) is 35.3. The molecule has 2 atom stereocenters. The van der Waals surface area contributed by atoms with Crippen molar-refractivity contribution in [2.75, 3.05) is 11.9 Å². The number of nitrogens with one attached hydrogen (secondary N) is 2. The van der Waals surface area contributed by atoms with Crippen LogP contribution in [0, 0.1) is 11.6 Å². The van der Waals surface area contributed by atoms with Gasteiger partial charge in [-0.1, -0.05) is 33.5 Å². The Hall–Kier alpha value is -4.14. The molecule has 0 saturated carbocycles. The van der Waals surface area contributed by atoms with Crippen molar-refractivity contribution in [2.45, 2.75) is 36.9 Å². The third kappa shape index (κ3) is 8.96. The van der Waals surface area contributed by atoms with Gasteiger partial charge in [0.2, 0.25) is 0 Å². The molecule has 0 fully saturated rings. The van der Waals surface area contributed by atoms with Crippen LogP contribution in [0.2, 0.25) is 0 Å². The zero-order chi connectivity index (χ0) is 34.1. The summed E-state index contributed by atoms with van der Waals surface area (Å²) in [6.45, 7) is -1.63. The van der Waals surface area contributed by atoms with Crippen molar-refractivity contribution in [3.63, 3.8) is 0 Å². The van der Waals surface area contributed by atoms with E-state index in [-0.39, 0.29) is 21.8 Å². The Morgan fingerprint density at radius 3 is 2.04 bits per heavy atom. The van der Waals surface area contributed by atoms with E-state index in [9.17, 15) is 63.4 Å². The van der Waals surface area contributed by atoms with Crippen LogP contribution in [0.4, 0.5) is 49.6 Å². The minimum Gasteiger partial charge on any atom is -0.480 e. The summed E-state index contributed by atoms with van der Waals surface area (Å²) in [6.07, 6.45) is -11.0. The molecule has 0 saturated heterocycles. The molecule has 3 rings (SSSR count). The van der Waals surface area contributed by atoms with Gasteiger partial charge in [-0.2, -0.15) is 35.1 Å². The normalized spacial score (nSPS) is 13.0. The van der Waals surface area contributed by atoms with Crippen LogP contribution in [-0.2, 0) is 36.5 Å². The molecule has 0 bridgehead atoms. The molecule has 0 spiro atoms. The molecule has 0 aliphatic carbocycles. The molecule has 7 nitrogen and oxygen atoms in total. The molecule has 1 amide bonds. The second-order valence-electron chi connectivity index (χ2n) is 9.76. The highest BCUT2D eigenvalue weighted by molar-refractivity contribution is 7.17. The topological polar surface area (TPSA) is 100 Å². The molecule has 1 heterocycles. The third-order valence-corrected chi connectivity index (χ3v) is 6.67. The number of nitrogens with zero attached hydrogens (tertiary/aromatic N) is 1. The lowest BCUT2D eigenvalue weighted by molar-refractivity contribution is -0.144. The number of alkyl halides is 8. The van der Waals surface area contributed by atoms with Gasteiger partial charge in [0.05, 0.1) is 0 Å². The summed E-state index contributed by atoms with van der Waals surface area (Å²) < 4.78 is 135. The molecule has 1 unspecified atom stereocenters. The van der Waals surface area contributed by atoms with E-state index in [2.05, 4.69) is 0 Å². The summed E-state index contributed by atoms with van der Waals surface area (Å²) >= 11 is 0. The van der Waals surface area contributed by atoms with Gasteiger partial charge in [0.1, 0.15) is 35.5 Å². The quantitative estimate of drug-likeness (QED) is 0.192. The number of hydrogen-bond acceptors (Lipinski definition) is 4. The zero-order valence-corrected chi connectivity index (χ0v) is 23.9. The summed E-state index contributed by atoms with van der Waals surface area (Å²) in [5.74, 6) is -6.43. The second-order valence-corrected chi connectivity index (χ2v) is 10.5. The summed E-state index contributed by atoms with van der Waals surface area (Å²) in [7, 11) is 1.82. The number of amides is 1. The van der Waals surface area contributed by atoms with Gasteiger partial charge in [-0.25, -0.2) is 13.6 Å². The smallest absolute Gasteiger partial charge is 0.431 e. The number of halogens is 10. The second kappa shape index (κ2) is 13.1. The first-order valence-corrected chi connectivity index (χ1v) is 13.0. The summed E-state index contributed by atoms with van der Waals surface area (Å²) in [6, 6.07) is 4.29. The highest BCUT2D eigenvalue weighted by atomic mass is 31.0. The van der Waals surface area contributed by atoms with Crippen molar-refractivity contribution in [1.29, 1.82) is 0 Å². The van der Waals surface area contributed by atoms with E-state index < -0.39 is 101 Å². The maximum Gasteiger partial charge on any atom is 0.431 e. The van der Waals surface area contributed by atoms with Crippen molar-refractivity contribution in [3.8, 4) is 0 Å². The third-order valence-electron chi connectivity index (χ3n) is 6.36.